The summed E-state index contributed by atoms with van der Waals surface area (Å²) in [6, 6.07) is 8.07. The van der Waals surface area contributed by atoms with Crippen LogP contribution in [0.3, 0.4) is 0 Å². The minimum Gasteiger partial charge on any atom is -0.369 e. The maximum absolute atomic E-state index is 11.9. The van der Waals surface area contributed by atoms with Crippen molar-refractivity contribution in [1.82, 2.24) is 0 Å². The van der Waals surface area contributed by atoms with Crippen molar-refractivity contribution < 1.29 is 9.53 Å². The Bertz CT molecular complexity index is 358. The van der Waals surface area contributed by atoms with E-state index in [0.29, 0.717) is 13.0 Å². The van der Waals surface area contributed by atoms with Crippen LogP contribution in [0.5, 0.6) is 0 Å². The normalized spacial score (nSPS) is 20.7. The minimum atomic E-state index is -0.196. The number of carbonyl (C=O) groups is 1. The third-order valence-corrected chi connectivity index (χ3v) is 4.18. The quantitative estimate of drug-likeness (QED) is 0.786. The predicted molar refractivity (Wildman–Crippen MR) is 74.9 cm³/mol. The Morgan fingerprint density at radius 2 is 2.19 bits per heavy atom. The summed E-state index contributed by atoms with van der Waals surface area (Å²) in [4.78, 5) is 11.9. The maximum atomic E-state index is 11.9. The molecule has 0 spiro atoms. The molecule has 0 N–H and O–H groups in total. The molecule has 16 heavy (non-hydrogen) atoms. The Hall–Kier alpha value is -0.0700. The number of halogens is 1. The number of hydrogen-bond acceptors (Lipinski definition) is 3. The second-order valence-corrected chi connectivity index (χ2v) is 6.10. The van der Waals surface area contributed by atoms with Crippen LogP contribution in [0.4, 0.5) is 0 Å². The molecular formula is C12H13IO2S. The summed E-state index contributed by atoms with van der Waals surface area (Å²) in [5.41, 5.74) is 1.07. The molecule has 1 fully saturated rings. The van der Waals surface area contributed by atoms with Crippen molar-refractivity contribution in [2.75, 3.05) is 18.1 Å². The second-order valence-electron chi connectivity index (χ2n) is 3.70. The summed E-state index contributed by atoms with van der Waals surface area (Å²) in [7, 11) is 0. The van der Waals surface area contributed by atoms with E-state index < -0.39 is 0 Å². The molecule has 0 amide bonds. The number of thioether (sulfide) groups is 1. The van der Waals surface area contributed by atoms with Gasteiger partial charge in [0.25, 0.3) is 0 Å². The van der Waals surface area contributed by atoms with E-state index in [0.717, 1.165) is 17.1 Å². The molecular weight excluding hydrogens is 335 g/mol. The molecule has 4 heteroatoms. The zero-order valence-corrected chi connectivity index (χ0v) is 11.8. The monoisotopic (exact) mass is 348 g/mol. The molecule has 1 aliphatic heterocycles. The van der Waals surface area contributed by atoms with E-state index >= 15 is 0 Å². The number of Topliss-reactive ketones (excluding diaryl/α,β-unsaturated/α-hetero) is 1. The van der Waals surface area contributed by atoms with Gasteiger partial charge in [-0.05, 0) is 40.3 Å². The molecule has 0 radical (unpaired) electrons. The number of benzene rings is 1. The first-order valence-electron chi connectivity index (χ1n) is 5.22. The molecule has 1 unspecified atom stereocenters. The van der Waals surface area contributed by atoms with Crippen LogP contribution in [0, 0.1) is 3.57 Å². The highest BCUT2D eigenvalue weighted by Gasteiger charge is 2.22. The van der Waals surface area contributed by atoms with Gasteiger partial charge in [-0.2, -0.15) is 11.8 Å². The SMILES string of the molecule is O=C(Cc1ccc(I)cc1)C1CSCCO1. The van der Waals surface area contributed by atoms with Gasteiger partial charge in [-0.15, -0.1) is 0 Å². The lowest BCUT2D eigenvalue weighted by Crippen LogP contribution is -2.32. The van der Waals surface area contributed by atoms with Gasteiger partial charge in [0.1, 0.15) is 6.10 Å². The van der Waals surface area contributed by atoms with Crippen molar-refractivity contribution in [3.8, 4) is 0 Å². The number of ketones is 1. The van der Waals surface area contributed by atoms with Crippen molar-refractivity contribution in [3.63, 3.8) is 0 Å². The van der Waals surface area contributed by atoms with Crippen LogP contribution in [0.1, 0.15) is 5.56 Å². The van der Waals surface area contributed by atoms with Crippen molar-refractivity contribution in [3.05, 3.63) is 33.4 Å². The van der Waals surface area contributed by atoms with Gasteiger partial charge in [-0.1, -0.05) is 12.1 Å². The summed E-state index contributed by atoms with van der Waals surface area (Å²) in [6.45, 7) is 0.702. The van der Waals surface area contributed by atoms with E-state index in [-0.39, 0.29) is 11.9 Å². The smallest absolute Gasteiger partial charge is 0.166 e. The molecule has 1 aromatic rings. The molecule has 0 aromatic heterocycles. The van der Waals surface area contributed by atoms with Gasteiger partial charge in [-0.3, -0.25) is 4.79 Å². The summed E-state index contributed by atoms with van der Waals surface area (Å²) in [5, 5.41) is 0. The lowest BCUT2D eigenvalue weighted by Gasteiger charge is -2.20. The van der Waals surface area contributed by atoms with Crippen LogP contribution in [0.15, 0.2) is 24.3 Å². The fourth-order valence-electron chi connectivity index (χ4n) is 1.59. The van der Waals surface area contributed by atoms with E-state index in [4.69, 9.17) is 4.74 Å². The predicted octanol–water partition coefficient (Wildman–Crippen LogP) is 2.53. The molecule has 1 aromatic carbocycles. The molecule has 1 atom stereocenters. The molecule has 1 aliphatic rings. The summed E-state index contributed by atoms with van der Waals surface area (Å²) >= 11 is 4.06. The van der Waals surface area contributed by atoms with Gasteiger partial charge in [0, 0.05) is 21.5 Å². The Morgan fingerprint density at radius 1 is 1.44 bits per heavy atom. The van der Waals surface area contributed by atoms with Gasteiger partial charge < -0.3 is 4.74 Å². The summed E-state index contributed by atoms with van der Waals surface area (Å²) in [5.74, 6) is 2.02. The number of carbonyl (C=O) groups excluding carboxylic acids is 1. The van der Waals surface area contributed by atoms with Crippen molar-refractivity contribution in [2.24, 2.45) is 0 Å². The molecule has 0 aliphatic carbocycles. The van der Waals surface area contributed by atoms with Gasteiger partial charge in [-0.25, -0.2) is 0 Å². The standard InChI is InChI=1S/C12H13IO2S/c13-10-3-1-9(2-4-10)7-11(14)12-8-16-6-5-15-12/h1-4,12H,5-8H2. The third kappa shape index (κ3) is 3.46. The van der Waals surface area contributed by atoms with E-state index in [1.807, 2.05) is 24.3 Å². The van der Waals surface area contributed by atoms with Crippen LogP contribution in [0.25, 0.3) is 0 Å². The lowest BCUT2D eigenvalue weighted by atomic mass is 10.1. The Labute approximate surface area is 113 Å². The number of hydrogen-bond donors (Lipinski definition) is 0. The Morgan fingerprint density at radius 3 is 2.81 bits per heavy atom. The first-order valence-corrected chi connectivity index (χ1v) is 7.45. The maximum Gasteiger partial charge on any atom is 0.166 e. The highest BCUT2D eigenvalue weighted by molar-refractivity contribution is 14.1. The van der Waals surface area contributed by atoms with Crippen LogP contribution < -0.4 is 0 Å². The van der Waals surface area contributed by atoms with Crippen LogP contribution in [-0.2, 0) is 16.0 Å². The Kier molecular flexibility index (Phi) is 4.66. The van der Waals surface area contributed by atoms with Gasteiger partial charge in [0.15, 0.2) is 5.78 Å². The molecule has 0 saturated carbocycles. The fraction of sp³-hybridized carbons (Fsp3) is 0.417. The lowest BCUT2D eigenvalue weighted by molar-refractivity contribution is -0.128. The van der Waals surface area contributed by atoms with E-state index in [1.54, 1.807) is 11.8 Å². The average molecular weight is 348 g/mol. The number of ether oxygens (including phenoxy) is 1. The zero-order valence-electron chi connectivity index (χ0n) is 8.82. The largest absolute Gasteiger partial charge is 0.369 e. The summed E-state index contributed by atoms with van der Waals surface area (Å²) in [6.07, 6.45) is 0.292. The second kappa shape index (κ2) is 6.02. The Balaban J connectivity index is 1.93. The van der Waals surface area contributed by atoms with Crippen LogP contribution >= 0.6 is 34.4 Å². The van der Waals surface area contributed by atoms with Crippen molar-refractivity contribution >= 4 is 40.1 Å². The van der Waals surface area contributed by atoms with Crippen LogP contribution in [-0.4, -0.2) is 30.0 Å². The number of rotatable bonds is 3. The first-order chi connectivity index (χ1) is 7.75. The molecule has 2 nitrogen and oxygen atoms in total. The molecule has 2 rings (SSSR count). The molecule has 86 valence electrons. The van der Waals surface area contributed by atoms with Gasteiger partial charge in [0.05, 0.1) is 6.61 Å². The third-order valence-electron chi connectivity index (χ3n) is 2.47. The van der Waals surface area contributed by atoms with Crippen LogP contribution in [0.2, 0.25) is 0 Å². The van der Waals surface area contributed by atoms with Crippen molar-refractivity contribution in [2.45, 2.75) is 12.5 Å². The average Bonchev–Trinajstić information content (AvgIpc) is 2.33. The zero-order chi connectivity index (χ0) is 11.4. The summed E-state index contributed by atoms with van der Waals surface area (Å²) < 4.78 is 6.66. The molecule has 0 bridgehead atoms. The van der Waals surface area contributed by atoms with Crippen molar-refractivity contribution in [1.29, 1.82) is 0 Å². The molecule has 1 heterocycles. The minimum absolute atomic E-state index is 0.196. The van der Waals surface area contributed by atoms with Gasteiger partial charge >= 0.3 is 0 Å². The highest BCUT2D eigenvalue weighted by atomic mass is 127. The van der Waals surface area contributed by atoms with E-state index in [1.165, 1.54) is 3.57 Å². The van der Waals surface area contributed by atoms with Gasteiger partial charge in [0.2, 0.25) is 0 Å². The fourth-order valence-corrected chi connectivity index (χ4v) is 2.83. The highest BCUT2D eigenvalue weighted by Crippen LogP contribution is 2.15. The van der Waals surface area contributed by atoms with E-state index in [9.17, 15) is 4.79 Å². The molecule has 1 saturated heterocycles. The van der Waals surface area contributed by atoms with E-state index in [2.05, 4.69) is 22.6 Å². The topological polar surface area (TPSA) is 26.3 Å². The first kappa shape index (κ1) is 12.4.